The predicted molar refractivity (Wildman–Crippen MR) is 66.2 cm³/mol. The number of benzene rings is 1. The lowest BCUT2D eigenvalue weighted by Gasteiger charge is -2.15. The van der Waals surface area contributed by atoms with Crippen molar-refractivity contribution in [2.75, 3.05) is 11.9 Å². The summed E-state index contributed by atoms with van der Waals surface area (Å²) >= 11 is 0. The molecule has 0 spiro atoms. The van der Waals surface area contributed by atoms with Crippen LogP contribution in [0.3, 0.4) is 0 Å². The molecule has 6 nitrogen and oxygen atoms in total. The quantitative estimate of drug-likeness (QED) is 0.606. The summed E-state index contributed by atoms with van der Waals surface area (Å²) in [6.45, 7) is -0.156. The zero-order valence-corrected chi connectivity index (χ0v) is 10.2. The normalized spacial score (nSPS) is 22.1. The van der Waals surface area contributed by atoms with E-state index in [0.29, 0.717) is 0 Å². The summed E-state index contributed by atoms with van der Waals surface area (Å²) in [6.07, 6.45) is 3.53. The van der Waals surface area contributed by atoms with E-state index in [1.165, 1.54) is 18.2 Å². The van der Waals surface area contributed by atoms with Crippen LogP contribution in [0.4, 0.5) is 10.1 Å². The van der Waals surface area contributed by atoms with E-state index in [2.05, 4.69) is 16.1 Å². The average Bonchev–Trinajstić information content (AvgIpc) is 2.68. The van der Waals surface area contributed by atoms with Crippen molar-refractivity contribution in [3.63, 3.8) is 0 Å². The van der Waals surface area contributed by atoms with Crippen molar-refractivity contribution in [3.05, 3.63) is 30.1 Å². The SMILES string of the molecule is C#CCN1OC(=O)C(C(=O)Nc2ccccc2F)C1O. The highest BCUT2D eigenvalue weighted by Crippen LogP contribution is 2.23. The van der Waals surface area contributed by atoms with Crippen molar-refractivity contribution in [1.29, 1.82) is 0 Å². The number of carbonyl (C=O) groups excluding carboxylic acids is 2. The minimum Gasteiger partial charge on any atom is -0.374 e. The first-order valence-electron chi connectivity index (χ1n) is 5.70. The van der Waals surface area contributed by atoms with Crippen LogP contribution in [0, 0.1) is 24.1 Å². The third kappa shape index (κ3) is 2.61. The molecule has 0 aromatic heterocycles. The van der Waals surface area contributed by atoms with Gasteiger partial charge in [-0.15, -0.1) is 6.42 Å². The minimum atomic E-state index is -1.51. The summed E-state index contributed by atoms with van der Waals surface area (Å²) in [4.78, 5) is 28.1. The molecule has 7 heteroatoms. The number of para-hydroxylation sites is 1. The molecule has 1 aliphatic heterocycles. The van der Waals surface area contributed by atoms with Gasteiger partial charge in [0, 0.05) is 0 Å². The van der Waals surface area contributed by atoms with Gasteiger partial charge < -0.3 is 15.3 Å². The van der Waals surface area contributed by atoms with Crippen LogP contribution >= 0.6 is 0 Å². The highest BCUT2D eigenvalue weighted by molar-refractivity contribution is 6.05. The Labute approximate surface area is 114 Å². The monoisotopic (exact) mass is 278 g/mol. The first-order valence-corrected chi connectivity index (χ1v) is 5.70. The lowest BCUT2D eigenvalue weighted by atomic mass is 10.1. The lowest BCUT2D eigenvalue weighted by Crippen LogP contribution is -2.38. The molecule has 1 fully saturated rings. The standard InChI is InChI=1S/C13H11FN2O4/c1-2-7-16-12(18)10(13(19)20-16)11(17)15-9-6-4-3-5-8(9)14/h1,3-6,10,12,18H,7H2,(H,15,17). The topological polar surface area (TPSA) is 78.9 Å². The molecule has 1 saturated heterocycles. The molecule has 0 bridgehead atoms. The molecule has 0 aliphatic carbocycles. The first-order chi connectivity index (χ1) is 9.54. The molecule has 2 atom stereocenters. The molecule has 104 valence electrons. The third-order valence-corrected chi connectivity index (χ3v) is 2.72. The zero-order valence-electron chi connectivity index (χ0n) is 10.2. The van der Waals surface area contributed by atoms with E-state index in [-0.39, 0.29) is 12.2 Å². The summed E-state index contributed by atoms with van der Waals surface area (Å²) in [5, 5.41) is 12.8. The van der Waals surface area contributed by atoms with Crippen LogP contribution in [0.25, 0.3) is 0 Å². The lowest BCUT2D eigenvalue weighted by molar-refractivity contribution is -0.188. The van der Waals surface area contributed by atoms with Gasteiger partial charge >= 0.3 is 5.97 Å². The molecule has 1 aromatic rings. The number of nitrogens with one attached hydrogen (secondary N) is 1. The van der Waals surface area contributed by atoms with Gasteiger partial charge in [-0.1, -0.05) is 23.1 Å². The summed E-state index contributed by atoms with van der Waals surface area (Å²) < 4.78 is 13.4. The summed E-state index contributed by atoms with van der Waals surface area (Å²) in [6, 6.07) is 5.47. The van der Waals surface area contributed by atoms with Gasteiger partial charge in [-0.25, -0.2) is 9.18 Å². The number of carbonyl (C=O) groups is 2. The number of hydroxylamine groups is 2. The average molecular weight is 278 g/mol. The van der Waals surface area contributed by atoms with Crippen LogP contribution in [0.1, 0.15) is 0 Å². The molecular weight excluding hydrogens is 267 g/mol. The Morgan fingerprint density at radius 1 is 1.55 bits per heavy atom. The van der Waals surface area contributed by atoms with Crippen LogP contribution in [0.15, 0.2) is 24.3 Å². The van der Waals surface area contributed by atoms with E-state index >= 15 is 0 Å². The van der Waals surface area contributed by atoms with E-state index in [9.17, 15) is 19.1 Å². The second kappa shape index (κ2) is 5.69. The molecule has 0 saturated carbocycles. The molecule has 1 heterocycles. The van der Waals surface area contributed by atoms with E-state index in [4.69, 9.17) is 6.42 Å². The fourth-order valence-corrected chi connectivity index (χ4v) is 1.75. The maximum atomic E-state index is 13.4. The van der Waals surface area contributed by atoms with Crippen molar-refractivity contribution < 1.29 is 23.9 Å². The Balaban J connectivity index is 2.12. The maximum absolute atomic E-state index is 13.4. The first kappa shape index (κ1) is 14.0. The van der Waals surface area contributed by atoms with Crippen LogP contribution in [-0.2, 0) is 14.4 Å². The molecule has 2 rings (SSSR count). The number of halogens is 1. The van der Waals surface area contributed by atoms with E-state index < -0.39 is 29.8 Å². The van der Waals surface area contributed by atoms with Crippen molar-refractivity contribution in [2.24, 2.45) is 5.92 Å². The Kier molecular flexibility index (Phi) is 3.98. The van der Waals surface area contributed by atoms with Crippen LogP contribution < -0.4 is 5.32 Å². The fraction of sp³-hybridized carbons (Fsp3) is 0.231. The predicted octanol–water partition coefficient (Wildman–Crippen LogP) is 0.106. The fourth-order valence-electron chi connectivity index (χ4n) is 1.75. The highest BCUT2D eigenvalue weighted by Gasteiger charge is 2.47. The zero-order chi connectivity index (χ0) is 14.7. The second-order valence-corrected chi connectivity index (χ2v) is 4.05. The number of amides is 1. The van der Waals surface area contributed by atoms with Crippen molar-refractivity contribution in [3.8, 4) is 12.3 Å². The van der Waals surface area contributed by atoms with E-state index in [0.717, 1.165) is 11.1 Å². The third-order valence-electron chi connectivity index (χ3n) is 2.72. The maximum Gasteiger partial charge on any atom is 0.341 e. The summed E-state index contributed by atoms with van der Waals surface area (Å²) in [5.41, 5.74) is -0.0899. The Morgan fingerprint density at radius 2 is 2.25 bits per heavy atom. The second-order valence-electron chi connectivity index (χ2n) is 4.05. The molecule has 2 N–H and O–H groups in total. The Morgan fingerprint density at radius 3 is 2.90 bits per heavy atom. The highest BCUT2D eigenvalue weighted by atomic mass is 19.1. The number of aliphatic hydroxyl groups excluding tert-OH is 1. The van der Waals surface area contributed by atoms with Gasteiger partial charge in [0.2, 0.25) is 5.91 Å². The number of terminal acetylenes is 1. The van der Waals surface area contributed by atoms with Gasteiger partial charge in [-0.3, -0.25) is 4.79 Å². The van der Waals surface area contributed by atoms with Crippen molar-refractivity contribution >= 4 is 17.6 Å². The van der Waals surface area contributed by atoms with Gasteiger partial charge in [-0.2, -0.15) is 0 Å². The smallest absolute Gasteiger partial charge is 0.341 e. The molecule has 20 heavy (non-hydrogen) atoms. The minimum absolute atomic E-state index is 0.0899. The van der Waals surface area contributed by atoms with Gasteiger partial charge in [0.25, 0.3) is 0 Å². The Bertz CT molecular complexity index is 584. The van der Waals surface area contributed by atoms with Gasteiger partial charge in [-0.05, 0) is 12.1 Å². The molecule has 1 aliphatic rings. The molecule has 0 radical (unpaired) electrons. The Hall–Kier alpha value is -2.43. The van der Waals surface area contributed by atoms with Crippen molar-refractivity contribution in [1.82, 2.24) is 5.06 Å². The van der Waals surface area contributed by atoms with Gasteiger partial charge in [0.05, 0.1) is 12.2 Å². The van der Waals surface area contributed by atoms with E-state index in [1.807, 2.05) is 0 Å². The van der Waals surface area contributed by atoms with Gasteiger partial charge in [0.1, 0.15) is 5.82 Å². The molecule has 1 aromatic carbocycles. The molecule has 1 amide bonds. The summed E-state index contributed by atoms with van der Waals surface area (Å²) in [7, 11) is 0. The summed E-state index contributed by atoms with van der Waals surface area (Å²) in [5.74, 6) is -1.77. The van der Waals surface area contributed by atoms with Crippen molar-refractivity contribution in [2.45, 2.75) is 6.23 Å². The van der Waals surface area contributed by atoms with Gasteiger partial charge in [0.15, 0.2) is 12.1 Å². The number of rotatable bonds is 3. The van der Waals surface area contributed by atoms with E-state index in [1.54, 1.807) is 0 Å². The number of hydrogen-bond donors (Lipinski definition) is 2. The number of hydrogen-bond acceptors (Lipinski definition) is 5. The number of nitrogens with zero attached hydrogens (tertiary/aromatic N) is 1. The molecular formula is C13H11FN2O4. The number of anilines is 1. The molecule has 2 unspecified atom stereocenters. The van der Waals surface area contributed by atoms with Crippen LogP contribution in [0.2, 0.25) is 0 Å². The van der Waals surface area contributed by atoms with Crippen LogP contribution in [0.5, 0.6) is 0 Å². The largest absolute Gasteiger partial charge is 0.374 e. The van der Waals surface area contributed by atoms with Crippen LogP contribution in [-0.4, -0.2) is 34.8 Å². The number of aliphatic hydroxyl groups is 1.